The van der Waals surface area contributed by atoms with Gasteiger partial charge in [-0.25, -0.2) is 4.98 Å². The van der Waals surface area contributed by atoms with Crippen LogP contribution in [0.2, 0.25) is 0 Å². The van der Waals surface area contributed by atoms with Crippen LogP contribution in [0.4, 0.5) is 0 Å². The first-order valence-corrected chi connectivity index (χ1v) is 8.53. The maximum Gasteiger partial charge on any atom is 0.228 e. The summed E-state index contributed by atoms with van der Waals surface area (Å²) < 4.78 is 7.93. The highest BCUT2D eigenvalue weighted by atomic mass is 16.5. The van der Waals surface area contributed by atoms with Crippen molar-refractivity contribution in [3.8, 4) is 5.75 Å². The standard InChI is InChI=1S/C20H21N3O2/c1-14-17(23-10-6-5-9-19(23)21-14)12-20(24)22(2)13-16-11-15-7-3-4-8-18(15)25-16/h3-10,16H,11-13H2,1-2H3/t16-/m0/s1. The number of rotatable bonds is 4. The van der Waals surface area contributed by atoms with Crippen LogP contribution in [0.25, 0.3) is 5.65 Å². The van der Waals surface area contributed by atoms with Crippen LogP contribution < -0.4 is 4.74 Å². The normalized spacial score (nSPS) is 15.8. The molecule has 5 heteroatoms. The van der Waals surface area contributed by atoms with Crippen LogP contribution >= 0.6 is 0 Å². The number of hydrogen-bond acceptors (Lipinski definition) is 3. The minimum atomic E-state index is 0.0228. The molecule has 25 heavy (non-hydrogen) atoms. The van der Waals surface area contributed by atoms with E-state index in [0.29, 0.717) is 13.0 Å². The second kappa shape index (κ2) is 6.24. The summed E-state index contributed by atoms with van der Waals surface area (Å²) >= 11 is 0. The molecule has 0 saturated heterocycles. The Morgan fingerprint density at radius 1 is 1.28 bits per heavy atom. The summed E-state index contributed by atoms with van der Waals surface area (Å²) in [4.78, 5) is 19.0. The molecule has 1 aliphatic rings. The van der Waals surface area contributed by atoms with Crippen molar-refractivity contribution >= 4 is 11.6 Å². The zero-order valence-corrected chi connectivity index (χ0v) is 14.5. The molecule has 0 N–H and O–H groups in total. The van der Waals surface area contributed by atoms with Gasteiger partial charge in [0, 0.05) is 19.7 Å². The Morgan fingerprint density at radius 3 is 2.92 bits per heavy atom. The van der Waals surface area contributed by atoms with Gasteiger partial charge in [-0.05, 0) is 30.7 Å². The number of aryl methyl sites for hydroxylation is 1. The van der Waals surface area contributed by atoms with Crippen LogP contribution in [0.1, 0.15) is 17.0 Å². The fraction of sp³-hybridized carbons (Fsp3) is 0.300. The lowest BCUT2D eigenvalue weighted by atomic mass is 10.1. The second-order valence-corrected chi connectivity index (χ2v) is 6.58. The highest BCUT2D eigenvalue weighted by molar-refractivity contribution is 5.78. The molecule has 4 rings (SSSR count). The predicted molar refractivity (Wildman–Crippen MR) is 95.8 cm³/mol. The molecule has 128 valence electrons. The van der Waals surface area contributed by atoms with Crippen LogP contribution in [-0.2, 0) is 17.6 Å². The number of fused-ring (bicyclic) bond motifs is 2. The molecule has 3 heterocycles. The molecule has 1 aliphatic heterocycles. The van der Waals surface area contributed by atoms with E-state index in [1.807, 2.05) is 61.0 Å². The minimum absolute atomic E-state index is 0.0228. The molecular weight excluding hydrogens is 314 g/mol. The van der Waals surface area contributed by atoms with Gasteiger partial charge < -0.3 is 14.0 Å². The summed E-state index contributed by atoms with van der Waals surface area (Å²) in [7, 11) is 1.84. The highest BCUT2D eigenvalue weighted by Crippen LogP contribution is 2.28. The van der Waals surface area contributed by atoms with Gasteiger partial charge in [-0.2, -0.15) is 0 Å². The van der Waals surface area contributed by atoms with E-state index in [-0.39, 0.29) is 12.0 Å². The van der Waals surface area contributed by atoms with Crippen LogP contribution in [-0.4, -0.2) is 39.9 Å². The number of carbonyl (C=O) groups excluding carboxylic acids is 1. The SMILES string of the molecule is Cc1nc2ccccn2c1CC(=O)N(C)C[C@@H]1Cc2ccccc2O1. The number of pyridine rings is 1. The van der Waals surface area contributed by atoms with Crippen molar-refractivity contribution in [3.63, 3.8) is 0 Å². The Kier molecular flexibility index (Phi) is 3.92. The van der Waals surface area contributed by atoms with E-state index < -0.39 is 0 Å². The topological polar surface area (TPSA) is 46.8 Å². The van der Waals surface area contributed by atoms with Gasteiger partial charge in [0.2, 0.25) is 5.91 Å². The molecule has 0 unspecified atom stereocenters. The maximum atomic E-state index is 12.7. The number of nitrogens with zero attached hydrogens (tertiary/aromatic N) is 3. The average molecular weight is 335 g/mol. The fourth-order valence-electron chi connectivity index (χ4n) is 3.42. The molecule has 5 nitrogen and oxygen atoms in total. The number of imidazole rings is 1. The molecule has 1 amide bonds. The molecule has 0 aliphatic carbocycles. The monoisotopic (exact) mass is 335 g/mol. The lowest BCUT2D eigenvalue weighted by Crippen LogP contribution is -2.37. The third-order valence-electron chi connectivity index (χ3n) is 4.76. The molecule has 0 radical (unpaired) electrons. The molecule has 3 aromatic rings. The molecule has 1 aromatic carbocycles. The molecule has 0 fully saturated rings. The van der Waals surface area contributed by atoms with Gasteiger partial charge in [0.25, 0.3) is 0 Å². The largest absolute Gasteiger partial charge is 0.488 e. The Labute approximate surface area is 146 Å². The summed E-state index contributed by atoms with van der Waals surface area (Å²) in [5.41, 5.74) is 3.94. The third-order valence-corrected chi connectivity index (χ3v) is 4.76. The number of aromatic nitrogens is 2. The molecule has 0 spiro atoms. The summed E-state index contributed by atoms with van der Waals surface area (Å²) in [5, 5.41) is 0. The van der Waals surface area contributed by atoms with Gasteiger partial charge in [0.05, 0.1) is 24.4 Å². The molecular formula is C20H21N3O2. The highest BCUT2D eigenvalue weighted by Gasteiger charge is 2.25. The zero-order chi connectivity index (χ0) is 17.4. The van der Waals surface area contributed by atoms with E-state index in [0.717, 1.165) is 29.2 Å². The summed E-state index contributed by atoms with van der Waals surface area (Å²) in [6.45, 7) is 2.54. The maximum absolute atomic E-state index is 12.7. The van der Waals surface area contributed by atoms with E-state index in [1.54, 1.807) is 4.90 Å². The van der Waals surface area contributed by atoms with Crippen molar-refractivity contribution in [1.82, 2.24) is 14.3 Å². The van der Waals surface area contributed by atoms with Gasteiger partial charge in [0.1, 0.15) is 17.5 Å². The van der Waals surface area contributed by atoms with Crippen molar-refractivity contribution in [1.29, 1.82) is 0 Å². The number of para-hydroxylation sites is 1. The average Bonchev–Trinajstić information content (AvgIpc) is 3.15. The van der Waals surface area contributed by atoms with E-state index >= 15 is 0 Å². The minimum Gasteiger partial charge on any atom is -0.488 e. The van der Waals surface area contributed by atoms with Gasteiger partial charge in [0.15, 0.2) is 0 Å². The van der Waals surface area contributed by atoms with Crippen molar-refractivity contribution < 1.29 is 9.53 Å². The third kappa shape index (κ3) is 2.97. The first-order chi connectivity index (χ1) is 12.1. The summed E-state index contributed by atoms with van der Waals surface area (Å²) in [5.74, 6) is 1.01. The smallest absolute Gasteiger partial charge is 0.228 e. The van der Waals surface area contributed by atoms with Crippen LogP contribution in [0, 0.1) is 6.92 Å². The lowest BCUT2D eigenvalue weighted by Gasteiger charge is -2.21. The first kappa shape index (κ1) is 15.7. The van der Waals surface area contributed by atoms with Crippen molar-refractivity contribution in [2.75, 3.05) is 13.6 Å². The molecule has 0 saturated carbocycles. The van der Waals surface area contributed by atoms with Crippen LogP contribution in [0.3, 0.4) is 0 Å². The first-order valence-electron chi connectivity index (χ1n) is 8.53. The second-order valence-electron chi connectivity index (χ2n) is 6.58. The van der Waals surface area contributed by atoms with Crippen molar-refractivity contribution in [3.05, 3.63) is 65.6 Å². The molecule has 1 atom stereocenters. The Morgan fingerprint density at radius 2 is 2.08 bits per heavy atom. The van der Waals surface area contributed by atoms with E-state index in [2.05, 4.69) is 11.1 Å². The summed E-state index contributed by atoms with van der Waals surface area (Å²) in [6, 6.07) is 13.9. The lowest BCUT2D eigenvalue weighted by molar-refractivity contribution is -0.130. The van der Waals surface area contributed by atoms with E-state index in [9.17, 15) is 4.79 Å². The number of hydrogen-bond donors (Lipinski definition) is 0. The number of carbonyl (C=O) groups is 1. The quantitative estimate of drug-likeness (QED) is 0.736. The number of amides is 1. The predicted octanol–water partition coefficient (Wildman–Crippen LogP) is 2.65. The van der Waals surface area contributed by atoms with Gasteiger partial charge in [-0.3, -0.25) is 4.79 Å². The van der Waals surface area contributed by atoms with Crippen molar-refractivity contribution in [2.45, 2.75) is 25.9 Å². The van der Waals surface area contributed by atoms with Gasteiger partial charge >= 0.3 is 0 Å². The Bertz CT molecular complexity index is 907. The molecule has 0 bridgehead atoms. The van der Waals surface area contributed by atoms with Crippen LogP contribution in [0.5, 0.6) is 5.75 Å². The Balaban J connectivity index is 1.44. The van der Waals surface area contributed by atoms with Crippen LogP contribution in [0.15, 0.2) is 48.7 Å². The molecule has 2 aromatic heterocycles. The summed E-state index contributed by atoms with van der Waals surface area (Å²) in [6.07, 6.45) is 3.17. The fourth-order valence-corrected chi connectivity index (χ4v) is 3.42. The number of benzene rings is 1. The van der Waals surface area contributed by atoms with E-state index in [4.69, 9.17) is 4.74 Å². The van der Waals surface area contributed by atoms with E-state index in [1.165, 1.54) is 5.56 Å². The van der Waals surface area contributed by atoms with Gasteiger partial charge in [-0.1, -0.05) is 24.3 Å². The van der Waals surface area contributed by atoms with Gasteiger partial charge in [-0.15, -0.1) is 0 Å². The Hall–Kier alpha value is -2.82. The number of likely N-dealkylation sites (N-methyl/N-ethyl adjacent to an activating group) is 1. The van der Waals surface area contributed by atoms with Crippen molar-refractivity contribution in [2.24, 2.45) is 0 Å². The zero-order valence-electron chi connectivity index (χ0n) is 14.5. The number of ether oxygens (including phenoxy) is 1.